The van der Waals surface area contributed by atoms with E-state index in [1.807, 2.05) is 6.07 Å². The van der Waals surface area contributed by atoms with Crippen LogP contribution >= 0.6 is 0 Å². The summed E-state index contributed by atoms with van der Waals surface area (Å²) in [6.45, 7) is 2.31. The molecule has 2 heterocycles. The summed E-state index contributed by atoms with van der Waals surface area (Å²) in [6, 6.07) is 5.02. The largest absolute Gasteiger partial charge is 0.497 e. The Balaban J connectivity index is 1.77. The van der Waals surface area contributed by atoms with Crippen LogP contribution in [0.15, 0.2) is 18.2 Å². The van der Waals surface area contributed by atoms with Gasteiger partial charge in [-0.3, -0.25) is 9.69 Å². The first-order valence-corrected chi connectivity index (χ1v) is 7.02. The highest BCUT2D eigenvalue weighted by molar-refractivity contribution is 5.82. The van der Waals surface area contributed by atoms with Gasteiger partial charge in [-0.2, -0.15) is 0 Å². The highest BCUT2D eigenvalue weighted by Crippen LogP contribution is 2.29. The molecule has 3 rings (SSSR count). The second kappa shape index (κ2) is 5.40. The number of fused-ring (bicyclic) bond motifs is 1. The van der Waals surface area contributed by atoms with Crippen LogP contribution in [0.4, 0.5) is 4.39 Å². The number of methoxy groups -OCH3 is 1. The third-order valence-electron chi connectivity index (χ3n) is 4.27. The molecule has 20 heavy (non-hydrogen) atoms. The Labute approximate surface area is 117 Å². The molecule has 0 radical (unpaired) electrons. The predicted octanol–water partition coefficient (Wildman–Crippen LogP) is 1.54. The van der Waals surface area contributed by atoms with Gasteiger partial charge in [-0.15, -0.1) is 0 Å². The van der Waals surface area contributed by atoms with Crippen molar-refractivity contribution in [2.75, 3.05) is 20.2 Å². The van der Waals surface area contributed by atoms with Crippen molar-refractivity contribution in [1.82, 2.24) is 10.2 Å². The maximum absolute atomic E-state index is 13.5. The molecule has 0 aromatic heterocycles. The number of nitrogens with zero attached hydrogens (tertiary/aromatic N) is 1. The van der Waals surface area contributed by atoms with Crippen LogP contribution in [-0.4, -0.2) is 37.0 Å². The van der Waals surface area contributed by atoms with Gasteiger partial charge in [0.2, 0.25) is 5.91 Å². The van der Waals surface area contributed by atoms with Crippen molar-refractivity contribution >= 4 is 5.91 Å². The minimum absolute atomic E-state index is 0.0965. The van der Waals surface area contributed by atoms with Gasteiger partial charge in [-0.05, 0) is 37.1 Å². The zero-order valence-electron chi connectivity index (χ0n) is 11.6. The maximum atomic E-state index is 13.5. The fourth-order valence-electron chi connectivity index (χ4n) is 3.30. The van der Waals surface area contributed by atoms with Crippen LogP contribution in [-0.2, 0) is 11.3 Å². The molecule has 1 aromatic carbocycles. The molecule has 5 heteroatoms. The van der Waals surface area contributed by atoms with Gasteiger partial charge < -0.3 is 10.1 Å². The molecule has 1 aromatic rings. The van der Waals surface area contributed by atoms with Crippen LogP contribution in [0.1, 0.15) is 18.4 Å². The van der Waals surface area contributed by atoms with Gasteiger partial charge in [0.15, 0.2) is 0 Å². The lowest BCUT2D eigenvalue weighted by Crippen LogP contribution is -2.44. The summed E-state index contributed by atoms with van der Waals surface area (Å²) >= 11 is 0. The monoisotopic (exact) mass is 278 g/mol. The molecule has 2 saturated heterocycles. The van der Waals surface area contributed by atoms with Crippen molar-refractivity contribution in [2.24, 2.45) is 5.92 Å². The van der Waals surface area contributed by atoms with Gasteiger partial charge in [0.25, 0.3) is 0 Å². The number of halogens is 1. The quantitative estimate of drug-likeness (QED) is 0.912. The Hall–Kier alpha value is -1.62. The minimum atomic E-state index is -0.284. The molecular formula is C15H19FN2O2. The molecule has 0 aliphatic carbocycles. The Morgan fingerprint density at radius 1 is 1.45 bits per heavy atom. The number of carbonyl (C=O) groups is 1. The Bertz CT molecular complexity index is 521. The molecule has 1 N–H and O–H groups in total. The summed E-state index contributed by atoms with van der Waals surface area (Å²) in [5, 5.41) is 2.93. The first-order chi connectivity index (χ1) is 9.67. The molecular weight excluding hydrogens is 259 g/mol. The summed E-state index contributed by atoms with van der Waals surface area (Å²) in [6.07, 6.45) is 1.97. The number of carbonyl (C=O) groups excluding carboxylic acids is 1. The van der Waals surface area contributed by atoms with Crippen molar-refractivity contribution < 1.29 is 13.9 Å². The number of amides is 1. The zero-order valence-corrected chi connectivity index (χ0v) is 11.6. The smallest absolute Gasteiger partial charge is 0.224 e. The highest BCUT2D eigenvalue weighted by Gasteiger charge is 2.40. The van der Waals surface area contributed by atoms with Gasteiger partial charge >= 0.3 is 0 Å². The molecule has 108 valence electrons. The topological polar surface area (TPSA) is 41.6 Å². The molecule has 2 atom stereocenters. The predicted molar refractivity (Wildman–Crippen MR) is 72.9 cm³/mol. The van der Waals surface area contributed by atoms with Crippen LogP contribution < -0.4 is 10.1 Å². The lowest BCUT2D eigenvalue weighted by atomic mass is 9.91. The van der Waals surface area contributed by atoms with Crippen LogP contribution in [0.25, 0.3) is 0 Å². The van der Waals surface area contributed by atoms with Crippen molar-refractivity contribution in [3.8, 4) is 5.75 Å². The van der Waals surface area contributed by atoms with E-state index in [9.17, 15) is 9.18 Å². The first kappa shape index (κ1) is 13.4. The van der Waals surface area contributed by atoms with Crippen LogP contribution in [0.3, 0.4) is 0 Å². The normalized spacial score (nSPS) is 26.2. The van der Waals surface area contributed by atoms with Crippen molar-refractivity contribution in [2.45, 2.75) is 25.4 Å². The fourth-order valence-corrected chi connectivity index (χ4v) is 3.30. The molecule has 0 bridgehead atoms. The van der Waals surface area contributed by atoms with E-state index >= 15 is 0 Å². The Morgan fingerprint density at radius 2 is 2.30 bits per heavy atom. The van der Waals surface area contributed by atoms with Crippen molar-refractivity contribution in [1.29, 1.82) is 0 Å². The van der Waals surface area contributed by atoms with Gasteiger partial charge in [-0.25, -0.2) is 4.39 Å². The Kier molecular flexibility index (Phi) is 3.61. The lowest BCUT2D eigenvalue weighted by molar-refractivity contribution is -0.124. The molecule has 2 fully saturated rings. The standard InChI is InChI=1S/C15H19FN2O2/c1-20-12-6-10(5-11(16)7-12)9-18-4-2-3-13-14(18)8-17-15(13)19/h5-7,13-14H,2-4,8-9H2,1H3,(H,17,19)/t13-,14-/m1/s1. The third kappa shape index (κ3) is 2.50. The number of rotatable bonds is 3. The summed E-state index contributed by atoms with van der Waals surface area (Å²) < 4.78 is 18.6. The SMILES string of the molecule is COc1cc(F)cc(CN2CCC[C@H]3C(=O)NC[C@H]32)c1. The molecule has 0 unspecified atom stereocenters. The summed E-state index contributed by atoms with van der Waals surface area (Å²) in [5.74, 6) is 0.512. The number of hydrogen-bond donors (Lipinski definition) is 1. The van der Waals surface area contributed by atoms with Crippen LogP contribution in [0.5, 0.6) is 5.75 Å². The summed E-state index contributed by atoms with van der Waals surface area (Å²) in [5.41, 5.74) is 0.891. The van der Waals surface area contributed by atoms with Crippen LogP contribution in [0, 0.1) is 11.7 Å². The number of ether oxygens (including phenoxy) is 1. The van der Waals surface area contributed by atoms with Gasteiger partial charge in [0.05, 0.1) is 13.0 Å². The Morgan fingerprint density at radius 3 is 3.10 bits per heavy atom. The van der Waals surface area contributed by atoms with Crippen LogP contribution in [0.2, 0.25) is 0 Å². The molecule has 0 saturated carbocycles. The lowest BCUT2D eigenvalue weighted by Gasteiger charge is -2.35. The third-order valence-corrected chi connectivity index (χ3v) is 4.27. The average molecular weight is 278 g/mol. The zero-order chi connectivity index (χ0) is 14.1. The van der Waals surface area contributed by atoms with E-state index < -0.39 is 0 Å². The van der Waals surface area contributed by atoms with E-state index in [0.29, 0.717) is 18.8 Å². The number of benzene rings is 1. The number of hydrogen-bond acceptors (Lipinski definition) is 3. The minimum Gasteiger partial charge on any atom is -0.497 e. The summed E-state index contributed by atoms with van der Waals surface area (Å²) in [4.78, 5) is 14.0. The van der Waals surface area contributed by atoms with Gasteiger partial charge in [0, 0.05) is 25.2 Å². The van der Waals surface area contributed by atoms with Gasteiger partial charge in [0.1, 0.15) is 11.6 Å². The molecule has 4 nitrogen and oxygen atoms in total. The van der Waals surface area contributed by atoms with E-state index in [2.05, 4.69) is 10.2 Å². The van der Waals surface area contributed by atoms with Gasteiger partial charge in [-0.1, -0.05) is 0 Å². The van der Waals surface area contributed by atoms with E-state index in [1.54, 1.807) is 0 Å². The highest BCUT2D eigenvalue weighted by atomic mass is 19.1. The average Bonchev–Trinajstić information content (AvgIpc) is 2.81. The molecule has 1 amide bonds. The van der Waals surface area contributed by atoms with Crippen molar-refractivity contribution in [3.05, 3.63) is 29.6 Å². The van der Waals surface area contributed by atoms with E-state index in [-0.39, 0.29) is 23.7 Å². The second-order valence-electron chi connectivity index (χ2n) is 5.53. The van der Waals surface area contributed by atoms with Crippen molar-refractivity contribution in [3.63, 3.8) is 0 Å². The molecule has 0 spiro atoms. The summed E-state index contributed by atoms with van der Waals surface area (Å²) in [7, 11) is 1.54. The van der Waals surface area contributed by atoms with E-state index in [4.69, 9.17) is 4.74 Å². The maximum Gasteiger partial charge on any atom is 0.224 e. The number of piperidine rings is 1. The van der Waals surface area contributed by atoms with E-state index in [1.165, 1.54) is 19.2 Å². The first-order valence-electron chi connectivity index (χ1n) is 7.02. The molecule has 2 aliphatic heterocycles. The van der Waals surface area contributed by atoms with E-state index in [0.717, 1.165) is 24.9 Å². The number of likely N-dealkylation sites (tertiary alicyclic amines) is 1. The molecule has 2 aliphatic rings. The second-order valence-corrected chi connectivity index (χ2v) is 5.53. The number of nitrogens with one attached hydrogen (secondary N) is 1. The fraction of sp³-hybridized carbons (Fsp3) is 0.533.